The first kappa shape index (κ1) is 16.6. The minimum atomic E-state index is -0.0371. The summed E-state index contributed by atoms with van der Waals surface area (Å²) in [6.07, 6.45) is 11.4. The van der Waals surface area contributed by atoms with Gasteiger partial charge in [-0.3, -0.25) is 9.59 Å². The van der Waals surface area contributed by atoms with Crippen molar-refractivity contribution in [1.29, 1.82) is 0 Å². The molecule has 0 radical (unpaired) electrons. The van der Waals surface area contributed by atoms with E-state index in [0.717, 1.165) is 57.3 Å². The zero-order valence-corrected chi connectivity index (χ0v) is 14.9. The van der Waals surface area contributed by atoms with Gasteiger partial charge in [-0.05, 0) is 38.5 Å². The molecule has 6 heteroatoms. The standard InChI is InChI=1S/C19H28N4O2/c24-18(21-15-6-2-1-3-7-15)17-16-9-8-14(12-23(16)13-20-17)19(25)22-10-4-5-11-22/h13-15H,1-12H2,(H,21,24). The Morgan fingerprint density at radius 3 is 2.56 bits per heavy atom. The molecule has 3 aliphatic rings. The highest BCUT2D eigenvalue weighted by Crippen LogP contribution is 2.26. The van der Waals surface area contributed by atoms with Crippen LogP contribution in [-0.2, 0) is 17.8 Å². The van der Waals surface area contributed by atoms with Gasteiger partial charge >= 0.3 is 0 Å². The summed E-state index contributed by atoms with van der Waals surface area (Å²) < 4.78 is 2.03. The summed E-state index contributed by atoms with van der Waals surface area (Å²) in [6.45, 7) is 2.47. The molecule has 2 aliphatic heterocycles. The zero-order chi connectivity index (χ0) is 17.2. The second-order valence-electron chi connectivity index (χ2n) is 7.77. The monoisotopic (exact) mass is 344 g/mol. The quantitative estimate of drug-likeness (QED) is 0.913. The highest BCUT2D eigenvalue weighted by molar-refractivity contribution is 5.93. The molecule has 0 spiro atoms. The molecule has 2 amide bonds. The van der Waals surface area contributed by atoms with Gasteiger partial charge in [0.05, 0.1) is 17.9 Å². The van der Waals surface area contributed by atoms with E-state index in [1.54, 1.807) is 6.33 Å². The molecule has 1 aromatic rings. The molecular formula is C19H28N4O2. The average molecular weight is 344 g/mol. The van der Waals surface area contributed by atoms with E-state index in [-0.39, 0.29) is 17.7 Å². The van der Waals surface area contributed by atoms with Gasteiger partial charge in [0, 0.05) is 25.7 Å². The minimum absolute atomic E-state index is 0.0362. The maximum absolute atomic E-state index is 12.6. The Kier molecular flexibility index (Phi) is 4.77. The lowest BCUT2D eigenvalue weighted by molar-refractivity contribution is -0.135. The topological polar surface area (TPSA) is 67.2 Å². The Morgan fingerprint density at radius 1 is 1.04 bits per heavy atom. The molecule has 3 heterocycles. The first-order valence-electron chi connectivity index (χ1n) is 9.86. The van der Waals surface area contributed by atoms with Gasteiger partial charge in [0.1, 0.15) is 5.69 Å². The van der Waals surface area contributed by atoms with Crippen molar-refractivity contribution < 1.29 is 9.59 Å². The van der Waals surface area contributed by atoms with Crippen molar-refractivity contribution >= 4 is 11.8 Å². The maximum Gasteiger partial charge on any atom is 0.271 e. The molecule has 1 aliphatic carbocycles. The number of nitrogens with one attached hydrogen (secondary N) is 1. The summed E-state index contributed by atoms with van der Waals surface area (Å²) in [5, 5.41) is 3.16. The second-order valence-corrected chi connectivity index (χ2v) is 7.77. The minimum Gasteiger partial charge on any atom is -0.348 e. The van der Waals surface area contributed by atoms with Gasteiger partial charge in [-0.2, -0.15) is 0 Å². The molecule has 1 N–H and O–H groups in total. The van der Waals surface area contributed by atoms with Crippen LogP contribution in [0.4, 0.5) is 0 Å². The van der Waals surface area contributed by atoms with Gasteiger partial charge in [0.25, 0.3) is 5.91 Å². The number of rotatable bonds is 3. The number of hydrogen-bond acceptors (Lipinski definition) is 3. The first-order chi connectivity index (χ1) is 12.2. The lowest BCUT2D eigenvalue weighted by Gasteiger charge is -2.28. The van der Waals surface area contributed by atoms with Gasteiger partial charge in [0.15, 0.2) is 0 Å². The van der Waals surface area contributed by atoms with Crippen LogP contribution in [0.5, 0.6) is 0 Å². The predicted octanol–water partition coefficient (Wildman–Crippen LogP) is 2.13. The third kappa shape index (κ3) is 3.44. The fraction of sp³-hybridized carbons (Fsp3) is 0.737. The van der Waals surface area contributed by atoms with Crippen LogP contribution in [0.15, 0.2) is 6.33 Å². The largest absolute Gasteiger partial charge is 0.348 e. The van der Waals surface area contributed by atoms with Crippen LogP contribution < -0.4 is 5.32 Å². The van der Waals surface area contributed by atoms with Crippen LogP contribution in [0.3, 0.4) is 0 Å². The number of amides is 2. The lowest BCUT2D eigenvalue weighted by atomic mass is 9.94. The van der Waals surface area contributed by atoms with Crippen LogP contribution in [0.25, 0.3) is 0 Å². The fourth-order valence-electron chi connectivity index (χ4n) is 4.55. The van der Waals surface area contributed by atoms with Crippen LogP contribution in [0.1, 0.15) is 67.5 Å². The molecule has 0 aromatic carbocycles. The second kappa shape index (κ2) is 7.18. The van der Waals surface area contributed by atoms with E-state index in [1.165, 1.54) is 19.3 Å². The van der Waals surface area contributed by atoms with Crippen molar-refractivity contribution in [2.24, 2.45) is 5.92 Å². The fourth-order valence-corrected chi connectivity index (χ4v) is 4.55. The number of hydrogen-bond donors (Lipinski definition) is 1. The number of likely N-dealkylation sites (tertiary alicyclic amines) is 1. The summed E-state index contributed by atoms with van der Waals surface area (Å²) >= 11 is 0. The number of carbonyl (C=O) groups is 2. The van der Waals surface area contributed by atoms with Crippen LogP contribution in [0.2, 0.25) is 0 Å². The molecule has 1 aromatic heterocycles. The molecular weight excluding hydrogens is 316 g/mol. The molecule has 1 atom stereocenters. The summed E-state index contributed by atoms with van der Waals surface area (Å²) in [7, 11) is 0. The molecule has 1 saturated carbocycles. The Balaban J connectivity index is 1.41. The van der Waals surface area contributed by atoms with Crippen LogP contribution in [0, 0.1) is 5.92 Å². The maximum atomic E-state index is 12.6. The smallest absolute Gasteiger partial charge is 0.271 e. The average Bonchev–Trinajstić information content (AvgIpc) is 3.31. The van der Waals surface area contributed by atoms with E-state index in [9.17, 15) is 9.59 Å². The number of aromatic nitrogens is 2. The van der Waals surface area contributed by atoms with E-state index < -0.39 is 0 Å². The molecule has 4 rings (SSSR count). The SMILES string of the molecule is O=C(NC1CCCCC1)c1ncn2c1CCC(C(=O)N1CCCC1)C2. The summed E-state index contributed by atoms with van der Waals surface area (Å²) in [5.74, 6) is 0.282. The van der Waals surface area contributed by atoms with E-state index >= 15 is 0 Å². The molecule has 1 unspecified atom stereocenters. The van der Waals surface area contributed by atoms with E-state index in [4.69, 9.17) is 0 Å². The van der Waals surface area contributed by atoms with Crippen molar-refractivity contribution in [2.45, 2.75) is 70.4 Å². The summed E-state index contributed by atoms with van der Waals surface area (Å²) in [4.78, 5) is 31.6. The van der Waals surface area contributed by atoms with E-state index in [2.05, 4.69) is 10.3 Å². The van der Waals surface area contributed by atoms with Gasteiger partial charge < -0.3 is 14.8 Å². The lowest BCUT2D eigenvalue weighted by Crippen LogP contribution is -2.39. The molecule has 25 heavy (non-hydrogen) atoms. The third-order valence-electron chi connectivity index (χ3n) is 6.02. The highest BCUT2D eigenvalue weighted by atomic mass is 16.2. The molecule has 1 saturated heterocycles. The van der Waals surface area contributed by atoms with Crippen molar-refractivity contribution in [2.75, 3.05) is 13.1 Å². The number of fused-ring (bicyclic) bond motifs is 1. The van der Waals surface area contributed by atoms with Gasteiger partial charge in [-0.15, -0.1) is 0 Å². The number of imidazole rings is 1. The normalized spacial score (nSPS) is 24.2. The number of nitrogens with zero attached hydrogens (tertiary/aromatic N) is 3. The zero-order valence-electron chi connectivity index (χ0n) is 14.9. The molecule has 136 valence electrons. The van der Waals surface area contributed by atoms with Gasteiger partial charge in [0.2, 0.25) is 5.91 Å². The van der Waals surface area contributed by atoms with Crippen LogP contribution in [-0.4, -0.2) is 45.4 Å². The van der Waals surface area contributed by atoms with Gasteiger partial charge in [-0.25, -0.2) is 4.98 Å². The summed E-state index contributed by atoms with van der Waals surface area (Å²) in [6, 6.07) is 0.298. The van der Waals surface area contributed by atoms with Crippen molar-refractivity contribution in [3.63, 3.8) is 0 Å². The van der Waals surface area contributed by atoms with Gasteiger partial charge in [-0.1, -0.05) is 19.3 Å². The Labute approximate surface area is 149 Å². The number of carbonyl (C=O) groups excluding carboxylic acids is 2. The Bertz CT molecular complexity index is 642. The van der Waals surface area contributed by atoms with E-state index in [0.29, 0.717) is 18.3 Å². The highest BCUT2D eigenvalue weighted by Gasteiger charge is 2.32. The Hall–Kier alpha value is -1.85. The van der Waals surface area contributed by atoms with Crippen LogP contribution >= 0.6 is 0 Å². The predicted molar refractivity (Wildman–Crippen MR) is 94.2 cm³/mol. The van der Waals surface area contributed by atoms with Crippen molar-refractivity contribution in [3.8, 4) is 0 Å². The van der Waals surface area contributed by atoms with Crippen molar-refractivity contribution in [3.05, 3.63) is 17.7 Å². The third-order valence-corrected chi connectivity index (χ3v) is 6.02. The first-order valence-corrected chi connectivity index (χ1v) is 9.86. The van der Waals surface area contributed by atoms with Crippen molar-refractivity contribution in [1.82, 2.24) is 19.8 Å². The molecule has 6 nitrogen and oxygen atoms in total. The Morgan fingerprint density at radius 2 is 1.80 bits per heavy atom. The van der Waals surface area contributed by atoms with E-state index in [1.807, 2.05) is 9.47 Å². The molecule has 2 fully saturated rings. The molecule has 0 bridgehead atoms. The summed E-state index contributed by atoms with van der Waals surface area (Å²) in [5.41, 5.74) is 1.57.